The summed E-state index contributed by atoms with van der Waals surface area (Å²) >= 11 is 0. The quantitative estimate of drug-likeness (QED) is 0.365. The molecule has 0 spiro atoms. The van der Waals surface area contributed by atoms with E-state index in [-0.39, 0.29) is 23.0 Å². The highest BCUT2D eigenvalue weighted by Crippen LogP contribution is 2.32. The van der Waals surface area contributed by atoms with Crippen LogP contribution in [-0.4, -0.2) is 55.0 Å². The van der Waals surface area contributed by atoms with Gasteiger partial charge in [-0.3, -0.25) is 19.8 Å². The smallest absolute Gasteiger partial charge is 0.293 e. The molecule has 0 radical (unpaired) electrons. The lowest BCUT2D eigenvalue weighted by atomic mass is 10.1. The molecule has 0 bridgehead atoms. The van der Waals surface area contributed by atoms with Crippen LogP contribution >= 0.6 is 0 Å². The highest BCUT2D eigenvalue weighted by molar-refractivity contribution is 6.05. The van der Waals surface area contributed by atoms with E-state index in [2.05, 4.69) is 15.1 Å². The highest BCUT2D eigenvalue weighted by Gasteiger charge is 2.24. The van der Waals surface area contributed by atoms with Gasteiger partial charge in [-0.15, -0.1) is 0 Å². The number of nitro benzene ring substituents is 1. The summed E-state index contributed by atoms with van der Waals surface area (Å²) in [7, 11) is 0. The molecule has 1 N–H and O–H groups in total. The minimum Gasteiger partial charge on any atom is -0.369 e. The Morgan fingerprint density at radius 2 is 1.59 bits per heavy atom. The zero-order valence-electron chi connectivity index (χ0n) is 20.6. The van der Waals surface area contributed by atoms with Gasteiger partial charge in [-0.2, -0.15) is 0 Å². The van der Waals surface area contributed by atoms with Crippen molar-refractivity contribution >= 4 is 28.7 Å². The summed E-state index contributed by atoms with van der Waals surface area (Å²) in [5.74, 6) is -0.551. The summed E-state index contributed by atoms with van der Waals surface area (Å²) in [6.07, 6.45) is 2.03. The molecule has 8 nitrogen and oxygen atoms in total. The fraction of sp³-hybridized carbons (Fsp3) is 0.321. The molecule has 3 aromatic carbocycles. The van der Waals surface area contributed by atoms with Crippen molar-refractivity contribution in [1.29, 1.82) is 0 Å². The molecule has 2 aliphatic rings. The summed E-state index contributed by atoms with van der Waals surface area (Å²) in [5, 5.41) is 14.5. The van der Waals surface area contributed by atoms with Gasteiger partial charge in [0.25, 0.3) is 11.6 Å². The van der Waals surface area contributed by atoms with Crippen LogP contribution in [0.4, 0.5) is 27.1 Å². The molecule has 9 heteroatoms. The molecule has 2 aliphatic heterocycles. The average Bonchev–Trinajstić information content (AvgIpc) is 3.45. The Morgan fingerprint density at radius 3 is 2.27 bits per heavy atom. The molecule has 2 heterocycles. The topological polar surface area (TPSA) is 82.0 Å². The summed E-state index contributed by atoms with van der Waals surface area (Å²) in [6, 6.07) is 19.2. The SMILES string of the molecule is O=C(Nc1ccc(N2CCN(Cc3ccccc3F)CC2)cc1)c1ccc(N2CCCC2)c([N+](=O)[O-])c1. The second-order valence-electron chi connectivity index (χ2n) is 9.51. The van der Waals surface area contributed by atoms with Gasteiger partial charge in [0.15, 0.2) is 0 Å². The monoisotopic (exact) mass is 503 g/mol. The van der Waals surface area contributed by atoms with Crippen molar-refractivity contribution in [1.82, 2.24) is 4.90 Å². The van der Waals surface area contributed by atoms with E-state index in [0.29, 0.717) is 23.5 Å². The van der Waals surface area contributed by atoms with Crippen molar-refractivity contribution < 1.29 is 14.1 Å². The van der Waals surface area contributed by atoms with E-state index in [4.69, 9.17) is 0 Å². The molecular weight excluding hydrogens is 473 g/mol. The van der Waals surface area contributed by atoms with Gasteiger partial charge in [0.2, 0.25) is 0 Å². The zero-order valence-corrected chi connectivity index (χ0v) is 20.6. The number of hydrogen-bond acceptors (Lipinski definition) is 6. The lowest BCUT2D eigenvalue weighted by Crippen LogP contribution is -2.46. The number of piperazine rings is 1. The number of carbonyl (C=O) groups is 1. The van der Waals surface area contributed by atoms with Crippen molar-refractivity contribution in [2.45, 2.75) is 19.4 Å². The second-order valence-corrected chi connectivity index (χ2v) is 9.51. The van der Waals surface area contributed by atoms with Gasteiger partial charge in [-0.05, 0) is 55.3 Å². The van der Waals surface area contributed by atoms with Crippen LogP contribution < -0.4 is 15.1 Å². The molecule has 2 fully saturated rings. The average molecular weight is 504 g/mol. The molecular formula is C28H30FN5O3. The maximum atomic E-state index is 14.0. The molecule has 37 heavy (non-hydrogen) atoms. The lowest BCUT2D eigenvalue weighted by Gasteiger charge is -2.36. The Balaban J connectivity index is 1.18. The molecule has 0 aromatic heterocycles. The van der Waals surface area contributed by atoms with Gasteiger partial charge in [-0.25, -0.2) is 4.39 Å². The molecule has 1 amide bonds. The first-order valence-corrected chi connectivity index (χ1v) is 12.6. The Bertz CT molecular complexity index is 1270. The predicted molar refractivity (Wildman–Crippen MR) is 143 cm³/mol. The van der Waals surface area contributed by atoms with Crippen LogP contribution in [0.2, 0.25) is 0 Å². The molecule has 5 rings (SSSR count). The van der Waals surface area contributed by atoms with E-state index >= 15 is 0 Å². The van der Waals surface area contributed by atoms with Gasteiger partial charge in [-0.1, -0.05) is 18.2 Å². The highest BCUT2D eigenvalue weighted by atomic mass is 19.1. The molecule has 0 saturated carbocycles. The minimum atomic E-state index is -0.421. The molecule has 2 saturated heterocycles. The molecule has 0 unspecified atom stereocenters. The van der Waals surface area contributed by atoms with E-state index < -0.39 is 4.92 Å². The van der Waals surface area contributed by atoms with Gasteiger partial charge in [0.1, 0.15) is 11.5 Å². The number of anilines is 3. The van der Waals surface area contributed by atoms with Crippen molar-refractivity contribution in [2.24, 2.45) is 0 Å². The number of benzene rings is 3. The number of amides is 1. The van der Waals surface area contributed by atoms with Crippen LogP contribution in [0, 0.1) is 15.9 Å². The third kappa shape index (κ3) is 5.72. The largest absolute Gasteiger partial charge is 0.369 e. The van der Waals surface area contributed by atoms with Crippen molar-refractivity contribution in [3.05, 3.63) is 93.8 Å². The summed E-state index contributed by atoms with van der Waals surface area (Å²) in [5.41, 5.74) is 3.17. The van der Waals surface area contributed by atoms with Crippen LogP contribution in [0.1, 0.15) is 28.8 Å². The van der Waals surface area contributed by atoms with E-state index in [1.54, 1.807) is 18.2 Å². The number of hydrogen-bond donors (Lipinski definition) is 1. The van der Waals surface area contributed by atoms with Crippen LogP contribution in [-0.2, 0) is 6.54 Å². The van der Waals surface area contributed by atoms with Crippen molar-refractivity contribution in [3.63, 3.8) is 0 Å². The maximum absolute atomic E-state index is 14.0. The van der Waals surface area contributed by atoms with E-state index in [0.717, 1.165) is 57.8 Å². The summed E-state index contributed by atoms with van der Waals surface area (Å²) < 4.78 is 14.0. The zero-order chi connectivity index (χ0) is 25.8. The van der Waals surface area contributed by atoms with Gasteiger partial charge >= 0.3 is 0 Å². The number of nitrogens with one attached hydrogen (secondary N) is 1. The Kier molecular flexibility index (Phi) is 7.32. The maximum Gasteiger partial charge on any atom is 0.293 e. The van der Waals surface area contributed by atoms with E-state index in [1.807, 2.05) is 41.3 Å². The molecule has 192 valence electrons. The standard InChI is InChI=1S/C28H30FN5O3/c29-25-6-2-1-5-22(25)20-31-15-17-32(18-16-31)24-10-8-23(9-11-24)30-28(35)21-7-12-26(27(19-21)34(36)37)33-13-3-4-14-33/h1-2,5-12,19H,3-4,13-18,20H2,(H,30,35). The van der Waals surface area contributed by atoms with Crippen LogP contribution in [0.15, 0.2) is 66.7 Å². The van der Waals surface area contributed by atoms with E-state index in [9.17, 15) is 19.3 Å². The molecule has 0 atom stereocenters. The number of nitrogens with zero attached hydrogens (tertiary/aromatic N) is 4. The van der Waals surface area contributed by atoms with Crippen LogP contribution in [0.25, 0.3) is 0 Å². The normalized spacial score (nSPS) is 16.1. The Labute approximate surface area is 215 Å². The first-order chi connectivity index (χ1) is 18.0. The van der Waals surface area contributed by atoms with Crippen molar-refractivity contribution in [3.8, 4) is 0 Å². The summed E-state index contributed by atoms with van der Waals surface area (Å²) in [6.45, 7) is 5.50. The Hall–Kier alpha value is -3.98. The van der Waals surface area contributed by atoms with Gasteiger partial charge < -0.3 is 15.1 Å². The number of carbonyl (C=O) groups excluding carboxylic acids is 1. The fourth-order valence-corrected chi connectivity index (χ4v) is 5.03. The van der Waals surface area contributed by atoms with Crippen LogP contribution in [0.3, 0.4) is 0 Å². The first-order valence-electron chi connectivity index (χ1n) is 12.6. The van der Waals surface area contributed by atoms with Gasteiger partial charge in [0.05, 0.1) is 4.92 Å². The van der Waals surface area contributed by atoms with Gasteiger partial charge in [0, 0.05) is 74.4 Å². The lowest BCUT2D eigenvalue weighted by molar-refractivity contribution is -0.384. The first kappa shape index (κ1) is 24.7. The third-order valence-corrected chi connectivity index (χ3v) is 7.10. The van der Waals surface area contributed by atoms with Crippen LogP contribution in [0.5, 0.6) is 0 Å². The molecule has 0 aliphatic carbocycles. The minimum absolute atomic E-state index is 0.0426. The number of rotatable bonds is 7. The molecule has 3 aromatic rings. The Morgan fingerprint density at radius 1 is 0.892 bits per heavy atom. The van der Waals surface area contributed by atoms with Crippen molar-refractivity contribution in [2.75, 3.05) is 54.4 Å². The van der Waals surface area contributed by atoms with E-state index in [1.165, 1.54) is 12.1 Å². The summed E-state index contributed by atoms with van der Waals surface area (Å²) in [4.78, 5) is 30.6. The predicted octanol–water partition coefficient (Wildman–Crippen LogP) is 4.91. The number of halogens is 1. The number of nitro groups is 1. The second kappa shape index (κ2) is 11.0. The third-order valence-electron chi connectivity index (χ3n) is 7.10. The fourth-order valence-electron chi connectivity index (χ4n) is 5.03.